The van der Waals surface area contributed by atoms with Crippen molar-refractivity contribution in [3.05, 3.63) is 89.3 Å². The molecule has 0 aliphatic carbocycles. The van der Waals surface area contributed by atoms with E-state index in [0.29, 0.717) is 0 Å². The molecule has 3 heteroatoms. The number of rotatable bonds is 8. The Balaban J connectivity index is 1.83. The van der Waals surface area contributed by atoms with Gasteiger partial charge in [-0.2, -0.15) is 0 Å². The lowest BCUT2D eigenvalue weighted by atomic mass is 9.92. The van der Waals surface area contributed by atoms with Crippen molar-refractivity contribution < 1.29 is 0 Å². The van der Waals surface area contributed by atoms with Gasteiger partial charge in [0.05, 0.1) is 0 Å². The number of hydrogen-bond acceptors (Lipinski definition) is 3. The summed E-state index contributed by atoms with van der Waals surface area (Å²) >= 11 is 0. The molecular formula is C25H29N3. The second kappa shape index (κ2) is 9.23. The Hall–Kier alpha value is -3.07. The summed E-state index contributed by atoms with van der Waals surface area (Å²) in [6.45, 7) is 14.0. The molecule has 0 unspecified atom stereocenters. The number of nitrogens with zero attached hydrogens (tertiary/aromatic N) is 2. The maximum atomic E-state index is 4.23. The van der Waals surface area contributed by atoms with Crippen LogP contribution in [0, 0.1) is 0 Å². The van der Waals surface area contributed by atoms with Crippen molar-refractivity contribution in [3.63, 3.8) is 0 Å². The molecule has 1 aliphatic heterocycles. The van der Waals surface area contributed by atoms with Gasteiger partial charge in [0, 0.05) is 42.4 Å². The molecule has 1 heterocycles. The SMILES string of the molecule is C=N/C=C\N(CCC)Cc1ccc(C2=Cc3c(CC)cccc3C(=C)N2)cc1. The van der Waals surface area contributed by atoms with Crippen LogP contribution in [-0.2, 0) is 13.0 Å². The summed E-state index contributed by atoms with van der Waals surface area (Å²) < 4.78 is 0. The summed E-state index contributed by atoms with van der Waals surface area (Å²) in [5.74, 6) is 0. The first-order valence-corrected chi connectivity index (χ1v) is 9.92. The number of nitrogens with one attached hydrogen (secondary N) is 1. The second-order valence-corrected chi connectivity index (χ2v) is 7.04. The van der Waals surface area contributed by atoms with Crippen LogP contribution in [-0.4, -0.2) is 18.2 Å². The third-order valence-electron chi connectivity index (χ3n) is 5.02. The maximum absolute atomic E-state index is 4.23. The van der Waals surface area contributed by atoms with Gasteiger partial charge in [-0.05, 0) is 47.9 Å². The van der Waals surface area contributed by atoms with Gasteiger partial charge in [0.1, 0.15) is 0 Å². The zero-order chi connectivity index (χ0) is 19.9. The van der Waals surface area contributed by atoms with Gasteiger partial charge in [-0.1, -0.05) is 62.9 Å². The summed E-state index contributed by atoms with van der Waals surface area (Å²) in [6, 6.07) is 15.2. The van der Waals surface area contributed by atoms with Crippen molar-refractivity contribution in [2.45, 2.75) is 33.2 Å². The standard InChI is InChI=1S/C25H29N3/c1-5-15-28(16-14-26-4)18-20-10-12-22(13-11-20)25-17-24-21(6-2)8-7-9-23(24)19(3)27-25/h7-14,16-17,27H,3-6,15,18H2,1-2H3/b16-14-. The van der Waals surface area contributed by atoms with Crippen molar-refractivity contribution in [2.24, 2.45) is 4.99 Å². The predicted molar refractivity (Wildman–Crippen MR) is 122 cm³/mol. The molecule has 3 nitrogen and oxygen atoms in total. The number of aliphatic imine (C=N–C) groups is 1. The van der Waals surface area contributed by atoms with E-state index in [-0.39, 0.29) is 0 Å². The van der Waals surface area contributed by atoms with Crippen molar-refractivity contribution >= 4 is 24.2 Å². The highest BCUT2D eigenvalue weighted by Crippen LogP contribution is 2.31. The van der Waals surface area contributed by atoms with Gasteiger partial charge in [0.15, 0.2) is 0 Å². The molecule has 0 bridgehead atoms. The molecule has 0 amide bonds. The third kappa shape index (κ3) is 4.42. The average Bonchev–Trinajstić information content (AvgIpc) is 2.72. The molecule has 0 radical (unpaired) electrons. The Morgan fingerprint density at radius 1 is 1.11 bits per heavy atom. The topological polar surface area (TPSA) is 27.6 Å². The van der Waals surface area contributed by atoms with E-state index < -0.39 is 0 Å². The van der Waals surface area contributed by atoms with E-state index in [2.05, 4.69) is 90.9 Å². The first-order valence-electron chi connectivity index (χ1n) is 9.92. The fourth-order valence-electron chi connectivity index (χ4n) is 3.58. The van der Waals surface area contributed by atoms with Crippen molar-refractivity contribution in [2.75, 3.05) is 6.54 Å². The van der Waals surface area contributed by atoms with Gasteiger partial charge in [-0.3, -0.25) is 4.99 Å². The van der Waals surface area contributed by atoms with Crippen LogP contribution in [0.3, 0.4) is 0 Å². The fourth-order valence-corrected chi connectivity index (χ4v) is 3.58. The van der Waals surface area contributed by atoms with Crippen molar-refractivity contribution in [1.29, 1.82) is 0 Å². The van der Waals surface area contributed by atoms with Crippen LogP contribution in [0.4, 0.5) is 0 Å². The zero-order valence-corrected chi connectivity index (χ0v) is 16.9. The minimum absolute atomic E-state index is 0.863. The van der Waals surface area contributed by atoms with E-state index in [1.807, 2.05) is 6.20 Å². The Morgan fingerprint density at radius 2 is 1.89 bits per heavy atom. The Labute approximate surface area is 168 Å². The van der Waals surface area contributed by atoms with Crippen LogP contribution in [0.1, 0.15) is 48.1 Å². The molecule has 144 valence electrons. The van der Waals surface area contributed by atoms with E-state index in [0.717, 1.165) is 37.3 Å². The van der Waals surface area contributed by atoms with E-state index in [1.54, 1.807) is 6.20 Å². The molecular weight excluding hydrogens is 342 g/mol. The Bertz CT molecular complexity index is 904. The molecule has 0 saturated carbocycles. The highest BCUT2D eigenvalue weighted by Gasteiger charge is 2.16. The van der Waals surface area contributed by atoms with Gasteiger partial charge in [0.25, 0.3) is 0 Å². The number of hydrogen-bond donors (Lipinski definition) is 1. The van der Waals surface area contributed by atoms with Crippen LogP contribution in [0.25, 0.3) is 17.5 Å². The summed E-state index contributed by atoms with van der Waals surface area (Å²) in [5, 5.41) is 3.47. The molecule has 2 aromatic carbocycles. The van der Waals surface area contributed by atoms with Crippen LogP contribution < -0.4 is 5.32 Å². The molecule has 1 N–H and O–H groups in total. The number of fused-ring (bicyclic) bond motifs is 1. The number of aryl methyl sites for hydroxylation is 1. The van der Waals surface area contributed by atoms with Gasteiger partial charge in [-0.15, -0.1) is 0 Å². The molecule has 0 atom stereocenters. The van der Waals surface area contributed by atoms with E-state index >= 15 is 0 Å². The lowest BCUT2D eigenvalue weighted by Gasteiger charge is -2.23. The van der Waals surface area contributed by atoms with Crippen LogP contribution in [0.5, 0.6) is 0 Å². The Kier molecular flexibility index (Phi) is 6.49. The number of benzene rings is 2. The highest BCUT2D eigenvalue weighted by molar-refractivity contribution is 5.94. The fraction of sp³-hybridized carbons (Fsp3) is 0.240. The zero-order valence-electron chi connectivity index (χ0n) is 16.9. The quantitative estimate of drug-likeness (QED) is 0.602. The van der Waals surface area contributed by atoms with Crippen LogP contribution >= 0.6 is 0 Å². The minimum Gasteiger partial charge on any atom is -0.372 e. The van der Waals surface area contributed by atoms with Crippen molar-refractivity contribution in [1.82, 2.24) is 10.2 Å². The average molecular weight is 372 g/mol. The first-order chi connectivity index (χ1) is 13.7. The summed E-state index contributed by atoms with van der Waals surface area (Å²) in [4.78, 5) is 6.08. The minimum atomic E-state index is 0.863. The van der Waals surface area contributed by atoms with Crippen LogP contribution in [0.15, 0.2) is 66.4 Å². The van der Waals surface area contributed by atoms with Gasteiger partial charge in [-0.25, -0.2) is 0 Å². The second-order valence-electron chi connectivity index (χ2n) is 7.04. The highest BCUT2D eigenvalue weighted by atomic mass is 15.1. The summed E-state index contributed by atoms with van der Waals surface area (Å²) in [6.07, 6.45) is 8.11. The predicted octanol–water partition coefficient (Wildman–Crippen LogP) is 5.70. The van der Waals surface area contributed by atoms with Gasteiger partial charge >= 0.3 is 0 Å². The van der Waals surface area contributed by atoms with Gasteiger partial charge in [0.2, 0.25) is 0 Å². The lowest BCUT2D eigenvalue weighted by molar-refractivity contribution is 0.368. The first kappa shape index (κ1) is 19.7. The molecule has 0 spiro atoms. The smallest absolute Gasteiger partial charge is 0.0464 e. The normalized spacial score (nSPS) is 13.1. The Morgan fingerprint density at radius 3 is 2.57 bits per heavy atom. The van der Waals surface area contributed by atoms with Crippen molar-refractivity contribution in [3.8, 4) is 0 Å². The molecule has 28 heavy (non-hydrogen) atoms. The van der Waals surface area contributed by atoms with Crippen LogP contribution in [0.2, 0.25) is 0 Å². The largest absolute Gasteiger partial charge is 0.372 e. The monoisotopic (exact) mass is 371 g/mol. The molecule has 0 fully saturated rings. The lowest BCUT2D eigenvalue weighted by Crippen LogP contribution is -2.18. The summed E-state index contributed by atoms with van der Waals surface area (Å²) in [7, 11) is 0. The van der Waals surface area contributed by atoms with E-state index in [9.17, 15) is 0 Å². The van der Waals surface area contributed by atoms with E-state index in [4.69, 9.17) is 0 Å². The van der Waals surface area contributed by atoms with Gasteiger partial charge < -0.3 is 10.2 Å². The molecule has 0 aromatic heterocycles. The molecule has 1 aliphatic rings. The maximum Gasteiger partial charge on any atom is 0.0464 e. The summed E-state index contributed by atoms with van der Waals surface area (Å²) in [5.41, 5.74) is 8.34. The molecule has 0 saturated heterocycles. The molecule has 3 rings (SSSR count). The third-order valence-corrected chi connectivity index (χ3v) is 5.02. The molecule has 2 aromatic rings. The van der Waals surface area contributed by atoms with E-state index in [1.165, 1.54) is 27.8 Å².